The predicted molar refractivity (Wildman–Crippen MR) is 59.4 cm³/mol. The maximum Gasteiger partial charge on any atom is 0.173 e. The van der Waals surface area contributed by atoms with Crippen LogP contribution in [0.3, 0.4) is 0 Å². The third-order valence-corrected chi connectivity index (χ3v) is 3.11. The Labute approximate surface area is 89.8 Å². The molecule has 0 N–H and O–H groups in total. The van der Waals surface area contributed by atoms with Crippen LogP contribution in [0.15, 0.2) is 24.3 Å². The highest BCUT2D eigenvalue weighted by atomic mass is 35.5. The van der Waals surface area contributed by atoms with Crippen LogP contribution in [-0.4, -0.2) is 15.8 Å². The zero-order valence-electron chi connectivity index (χ0n) is 6.20. The van der Waals surface area contributed by atoms with Gasteiger partial charge in [0.25, 0.3) is 0 Å². The van der Waals surface area contributed by atoms with Crippen molar-refractivity contribution < 1.29 is 0 Å². The van der Waals surface area contributed by atoms with Gasteiger partial charge in [-0.05, 0) is 17.8 Å². The van der Waals surface area contributed by atoms with E-state index >= 15 is 0 Å². The van der Waals surface area contributed by atoms with Crippen LogP contribution in [0.4, 0.5) is 0 Å². The van der Waals surface area contributed by atoms with Crippen LogP contribution < -0.4 is 5.30 Å². The molecule has 0 aliphatic carbocycles. The minimum atomic E-state index is 0. The van der Waals surface area contributed by atoms with Gasteiger partial charge in [0, 0.05) is 0 Å². The summed E-state index contributed by atoms with van der Waals surface area (Å²) in [5.74, 6) is 0. The topological polar surface area (TPSA) is 0 Å². The number of hydrogen-bond acceptors (Lipinski definition) is 0. The lowest BCUT2D eigenvalue weighted by Crippen LogP contribution is -1.96. The quantitative estimate of drug-likeness (QED) is 0.505. The molecule has 1 rings (SSSR count). The first-order valence-corrected chi connectivity index (χ1v) is 5.68. The maximum absolute atomic E-state index is 2.76. The van der Waals surface area contributed by atoms with Crippen molar-refractivity contribution in [2.24, 2.45) is 0 Å². The smallest absolute Gasteiger partial charge is 0.173 e. The molecule has 11 heavy (non-hydrogen) atoms. The lowest BCUT2D eigenvalue weighted by atomic mass is 10.2. The zero-order valence-corrected chi connectivity index (χ0v) is 9.99. The Kier molecular flexibility index (Phi) is 9.63. The van der Waals surface area contributed by atoms with E-state index in [9.17, 15) is 0 Å². The van der Waals surface area contributed by atoms with Gasteiger partial charge in [0.05, 0.1) is 0 Å². The summed E-state index contributed by atoms with van der Waals surface area (Å²) in [4.78, 5) is 0. The standard InChI is InChI=1S/C7H8P.Al.2ClH/c1-6-4-2-3-5-7(6)8;;;/h2-5,8H,1H3;;2*1H/q-1;+1;;. The van der Waals surface area contributed by atoms with E-state index in [0.717, 1.165) is 7.23 Å². The molecular formula is C7H10AlCl2P. The van der Waals surface area contributed by atoms with Crippen molar-refractivity contribution in [3.63, 3.8) is 0 Å². The van der Waals surface area contributed by atoms with E-state index in [4.69, 9.17) is 0 Å². The SMILES string of the molecule is Cc1ccccc1[PH][Al].Cl.Cl. The molecule has 0 saturated heterocycles. The van der Waals surface area contributed by atoms with Gasteiger partial charge in [0.1, 0.15) is 0 Å². The summed E-state index contributed by atoms with van der Waals surface area (Å²) in [5.41, 5.74) is 1.39. The molecule has 1 aromatic carbocycles. The van der Waals surface area contributed by atoms with E-state index in [1.807, 2.05) is 0 Å². The summed E-state index contributed by atoms with van der Waals surface area (Å²) in [6.07, 6.45) is 0. The summed E-state index contributed by atoms with van der Waals surface area (Å²) in [6, 6.07) is 8.47. The van der Waals surface area contributed by atoms with Crippen molar-refractivity contribution in [1.29, 1.82) is 0 Å². The highest BCUT2D eigenvalue weighted by Crippen LogP contribution is 2.05. The molecule has 0 amide bonds. The van der Waals surface area contributed by atoms with Gasteiger partial charge in [-0.3, -0.25) is 0 Å². The molecule has 0 fully saturated rings. The Balaban J connectivity index is 0. The molecule has 0 spiro atoms. The normalized spacial score (nSPS) is 8.82. The molecule has 1 atom stereocenters. The van der Waals surface area contributed by atoms with Crippen LogP contribution in [-0.2, 0) is 0 Å². The molecule has 0 heterocycles. The van der Waals surface area contributed by atoms with Gasteiger partial charge in [0.2, 0.25) is 0 Å². The Morgan fingerprint density at radius 3 is 2.09 bits per heavy atom. The number of hydrogen-bond donors (Lipinski definition) is 0. The van der Waals surface area contributed by atoms with Crippen LogP contribution >= 0.6 is 32.0 Å². The molecular weight excluding hydrogens is 213 g/mol. The van der Waals surface area contributed by atoms with E-state index in [2.05, 4.69) is 47.0 Å². The molecule has 2 radical (unpaired) electrons. The number of aryl methyl sites for hydroxylation is 1. The molecule has 0 aromatic heterocycles. The second kappa shape index (κ2) is 7.41. The monoisotopic (exact) mass is 222 g/mol. The van der Waals surface area contributed by atoms with E-state index < -0.39 is 0 Å². The third kappa shape index (κ3) is 4.36. The van der Waals surface area contributed by atoms with Gasteiger partial charge in [-0.1, -0.05) is 24.3 Å². The van der Waals surface area contributed by atoms with Gasteiger partial charge in [-0.25, -0.2) is 0 Å². The minimum Gasteiger partial charge on any atom is -0.185 e. The van der Waals surface area contributed by atoms with E-state index in [-0.39, 0.29) is 24.8 Å². The summed E-state index contributed by atoms with van der Waals surface area (Å²) in [5, 5.41) is 1.45. The Morgan fingerprint density at radius 1 is 1.18 bits per heavy atom. The van der Waals surface area contributed by atoms with Crippen molar-refractivity contribution in [3.8, 4) is 0 Å². The minimum absolute atomic E-state index is 0. The first-order valence-electron chi connectivity index (χ1n) is 2.87. The molecule has 0 bridgehead atoms. The fourth-order valence-corrected chi connectivity index (χ4v) is 2.21. The van der Waals surface area contributed by atoms with Crippen molar-refractivity contribution in [1.82, 2.24) is 0 Å². The lowest BCUT2D eigenvalue weighted by Gasteiger charge is -1.99. The summed E-state index contributed by atoms with van der Waals surface area (Å²) in [6.45, 7) is 2.15. The predicted octanol–water partition coefficient (Wildman–Crippen LogP) is 2.23. The Bertz CT molecular complexity index is 205. The summed E-state index contributed by atoms with van der Waals surface area (Å²) in [7, 11) is 0.846. The van der Waals surface area contributed by atoms with Gasteiger partial charge >= 0.3 is 0 Å². The Morgan fingerprint density at radius 2 is 1.73 bits per heavy atom. The van der Waals surface area contributed by atoms with E-state index in [0.29, 0.717) is 0 Å². The first-order chi connectivity index (χ1) is 4.34. The molecule has 1 unspecified atom stereocenters. The highest BCUT2D eigenvalue weighted by molar-refractivity contribution is 7.73. The highest BCUT2D eigenvalue weighted by Gasteiger charge is 1.88. The largest absolute Gasteiger partial charge is 0.185 e. The number of halogens is 2. The number of rotatable bonds is 1. The lowest BCUT2D eigenvalue weighted by molar-refractivity contribution is 1.52. The molecule has 60 valence electrons. The molecule has 0 saturated carbocycles. The average Bonchev–Trinajstić information content (AvgIpc) is 1.89. The van der Waals surface area contributed by atoms with E-state index in [1.165, 1.54) is 10.9 Å². The fourth-order valence-electron chi connectivity index (χ4n) is 0.735. The second-order valence-electron chi connectivity index (χ2n) is 1.96. The van der Waals surface area contributed by atoms with Crippen molar-refractivity contribution in [2.45, 2.75) is 6.92 Å². The van der Waals surface area contributed by atoms with Crippen molar-refractivity contribution in [2.75, 3.05) is 0 Å². The number of benzene rings is 1. The average molecular weight is 223 g/mol. The van der Waals surface area contributed by atoms with Crippen LogP contribution in [0.1, 0.15) is 5.56 Å². The van der Waals surface area contributed by atoms with Crippen molar-refractivity contribution >= 4 is 53.2 Å². The second-order valence-corrected chi connectivity index (χ2v) is 3.65. The van der Waals surface area contributed by atoms with Crippen LogP contribution in [0, 0.1) is 6.92 Å². The van der Waals surface area contributed by atoms with Crippen molar-refractivity contribution in [3.05, 3.63) is 29.8 Å². The van der Waals surface area contributed by atoms with Crippen LogP contribution in [0.5, 0.6) is 0 Å². The van der Waals surface area contributed by atoms with Gasteiger partial charge < -0.3 is 0 Å². The fraction of sp³-hybridized carbons (Fsp3) is 0.143. The van der Waals surface area contributed by atoms with Gasteiger partial charge in [-0.2, -0.15) is 7.23 Å². The van der Waals surface area contributed by atoms with Crippen LogP contribution in [0.25, 0.3) is 0 Å². The molecule has 1 aromatic rings. The maximum atomic E-state index is 2.76. The zero-order chi connectivity index (χ0) is 6.69. The van der Waals surface area contributed by atoms with Gasteiger partial charge in [-0.15, -0.1) is 24.8 Å². The summed E-state index contributed by atoms with van der Waals surface area (Å²) < 4.78 is 0. The molecule has 0 aliphatic heterocycles. The van der Waals surface area contributed by atoms with E-state index in [1.54, 1.807) is 0 Å². The molecule has 0 aliphatic rings. The summed E-state index contributed by atoms with van der Waals surface area (Å²) >= 11 is 2.76. The Hall–Kier alpha value is 0.762. The molecule has 0 nitrogen and oxygen atoms in total. The molecule has 4 heteroatoms. The van der Waals surface area contributed by atoms with Gasteiger partial charge in [0.15, 0.2) is 15.8 Å². The third-order valence-electron chi connectivity index (χ3n) is 1.30. The van der Waals surface area contributed by atoms with Crippen LogP contribution in [0.2, 0.25) is 0 Å². The first kappa shape index (κ1) is 14.3.